The van der Waals surface area contributed by atoms with Crippen molar-refractivity contribution in [2.75, 3.05) is 0 Å². The Bertz CT molecular complexity index is 990. The summed E-state index contributed by atoms with van der Waals surface area (Å²) < 4.78 is 0. The monoisotopic (exact) mass is 308 g/mol. The van der Waals surface area contributed by atoms with Gasteiger partial charge in [-0.15, -0.1) is 0 Å². The van der Waals surface area contributed by atoms with Crippen LogP contribution >= 0.6 is 0 Å². The first-order valence-electron chi connectivity index (χ1n) is 8.37. The predicted octanol–water partition coefficient (Wildman–Crippen LogP) is 6.79. The average Bonchev–Trinajstić information content (AvgIpc) is 2.62. The number of benzene rings is 4. The second-order valence-corrected chi connectivity index (χ2v) is 6.48. The highest BCUT2D eigenvalue weighted by atomic mass is 14.1. The Morgan fingerprint density at radius 1 is 0.500 bits per heavy atom. The van der Waals surface area contributed by atoms with Crippen LogP contribution in [0.2, 0.25) is 0 Å². The van der Waals surface area contributed by atoms with Crippen molar-refractivity contribution in [3.63, 3.8) is 0 Å². The lowest BCUT2D eigenvalue weighted by molar-refractivity contribution is 1.46. The lowest BCUT2D eigenvalue weighted by Gasteiger charge is -2.12. The first-order valence-corrected chi connectivity index (χ1v) is 8.37. The van der Waals surface area contributed by atoms with Gasteiger partial charge in [0.1, 0.15) is 0 Å². The Balaban J connectivity index is 1.97. The molecule has 24 heavy (non-hydrogen) atoms. The highest BCUT2D eigenvalue weighted by molar-refractivity contribution is 6.00. The van der Waals surface area contributed by atoms with Crippen molar-refractivity contribution in [3.05, 3.63) is 96.1 Å². The molecule has 4 aromatic rings. The minimum absolute atomic E-state index is 1.26. The van der Waals surface area contributed by atoms with Crippen molar-refractivity contribution in [1.82, 2.24) is 0 Å². The summed E-state index contributed by atoms with van der Waals surface area (Å²) in [6, 6.07) is 30.8. The summed E-state index contributed by atoms with van der Waals surface area (Å²) >= 11 is 0. The van der Waals surface area contributed by atoms with E-state index in [2.05, 4.69) is 98.8 Å². The quantitative estimate of drug-likeness (QED) is 0.382. The van der Waals surface area contributed by atoms with Gasteiger partial charge in [-0.1, -0.05) is 83.9 Å². The fourth-order valence-corrected chi connectivity index (χ4v) is 3.20. The average molecular weight is 308 g/mol. The highest BCUT2D eigenvalue weighted by Gasteiger charge is 2.08. The molecule has 0 bridgehead atoms. The van der Waals surface area contributed by atoms with E-state index in [0.29, 0.717) is 0 Å². The van der Waals surface area contributed by atoms with Gasteiger partial charge in [-0.05, 0) is 59.0 Å². The van der Waals surface area contributed by atoms with Crippen molar-refractivity contribution in [1.29, 1.82) is 0 Å². The number of hydrogen-bond acceptors (Lipinski definition) is 0. The smallest absolute Gasteiger partial charge is 0.00992 e. The van der Waals surface area contributed by atoms with E-state index in [4.69, 9.17) is 0 Å². The van der Waals surface area contributed by atoms with Gasteiger partial charge in [-0.25, -0.2) is 0 Å². The van der Waals surface area contributed by atoms with Gasteiger partial charge in [-0.2, -0.15) is 0 Å². The molecule has 0 atom stereocenters. The van der Waals surface area contributed by atoms with Gasteiger partial charge in [0.05, 0.1) is 0 Å². The van der Waals surface area contributed by atoms with Crippen molar-refractivity contribution >= 4 is 10.8 Å². The molecular formula is C24H20. The maximum atomic E-state index is 2.32. The van der Waals surface area contributed by atoms with Crippen molar-refractivity contribution in [2.45, 2.75) is 13.8 Å². The molecule has 0 radical (unpaired) electrons. The molecule has 4 aromatic carbocycles. The van der Waals surface area contributed by atoms with Gasteiger partial charge in [-0.3, -0.25) is 0 Å². The predicted molar refractivity (Wildman–Crippen MR) is 104 cm³/mol. The van der Waals surface area contributed by atoms with Crippen molar-refractivity contribution < 1.29 is 0 Å². The fourth-order valence-electron chi connectivity index (χ4n) is 3.20. The molecule has 0 saturated carbocycles. The fraction of sp³-hybridized carbons (Fsp3) is 0.0833. The number of fused-ring (bicyclic) bond motifs is 1. The van der Waals surface area contributed by atoms with Crippen LogP contribution in [0.15, 0.2) is 84.9 Å². The molecule has 0 aliphatic rings. The molecule has 0 spiro atoms. The van der Waals surface area contributed by atoms with Crippen LogP contribution in [0, 0.1) is 13.8 Å². The van der Waals surface area contributed by atoms with Crippen LogP contribution in [-0.4, -0.2) is 0 Å². The lowest BCUT2D eigenvalue weighted by atomic mass is 9.92. The van der Waals surface area contributed by atoms with Gasteiger partial charge in [0.2, 0.25) is 0 Å². The second kappa shape index (κ2) is 5.98. The molecule has 4 rings (SSSR count). The second-order valence-electron chi connectivity index (χ2n) is 6.48. The molecule has 0 aromatic heterocycles. The van der Waals surface area contributed by atoms with E-state index >= 15 is 0 Å². The van der Waals surface area contributed by atoms with Crippen LogP contribution in [0.4, 0.5) is 0 Å². The zero-order valence-corrected chi connectivity index (χ0v) is 14.1. The van der Waals surface area contributed by atoms with Gasteiger partial charge < -0.3 is 0 Å². The van der Waals surface area contributed by atoms with E-state index in [1.807, 2.05) is 0 Å². The van der Waals surface area contributed by atoms with Crippen molar-refractivity contribution in [2.24, 2.45) is 0 Å². The molecule has 0 nitrogen and oxygen atoms in total. The van der Waals surface area contributed by atoms with Crippen LogP contribution in [0.25, 0.3) is 33.0 Å². The number of aryl methyl sites for hydroxylation is 2. The van der Waals surface area contributed by atoms with E-state index in [-0.39, 0.29) is 0 Å². The van der Waals surface area contributed by atoms with Gasteiger partial charge in [0, 0.05) is 0 Å². The Morgan fingerprint density at radius 2 is 1.08 bits per heavy atom. The Morgan fingerprint density at radius 3 is 1.75 bits per heavy atom. The largest absolute Gasteiger partial charge is 0.0616 e. The van der Waals surface area contributed by atoms with Gasteiger partial charge in [0.15, 0.2) is 0 Å². The maximum Gasteiger partial charge on any atom is -0.00992 e. The molecule has 0 heteroatoms. The minimum atomic E-state index is 1.26. The normalized spacial score (nSPS) is 10.9. The van der Waals surface area contributed by atoms with Gasteiger partial charge >= 0.3 is 0 Å². The molecule has 0 saturated heterocycles. The third kappa shape index (κ3) is 2.72. The molecule has 0 heterocycles. The Hall–Kier alpha value is -2.86. The summed E-state index contributed by atoms with van der Waals surface area (Å²) in [4.78, 5) is 0. The first kappa shape index (κ1) is 14.7. The summed E-state index contributed by atoms with van der Waals surface area (Å²) in [7, 11) is 0. The Kier molecular flexibility index (Phi) is 3.66. The maximum absolute atomic E-state index is 2.32. The summed E-state index contributed by atoms with van der Waals surface area (Å²) in [5.41, 5.74) is 7.68. The van der Waals surface area contributed by atoms with E-state index in [0.717, 1.165) is 0 Å². The van der Waals surface area contributed by atoms with E-state index in [1.165, 1.54) is 44.2 Å². The lowest BCUT2D eigenvalue weighted by Crippen LogP contribution is -1.86. The van der Waals surface area contributed by atoms with Crippen LogP contribution < -0.4 is 0 Å². The SMILES string of the molecule is Cc1ccc(-c2cc(-c3ccc(C)cc3)c3ccccc3c2)cc1. The summed E-state index contributed by atoms with van der Waals surface area (Å²) in [6.07, 6.45) is 0. The minimum Gasteiger partial charge on any atom is -0.0616 e. The zero-order chi connectivity index (χ0) is 16.5. The Labute approximate surface area is 143 Å². The first-order chi connectivity index (χ1) is 11.7. The van der Waals surface area contributed by atoms with Crippen LogP contribution in [0.1, 0.15) is 11.1 Å². The molecule has 116 valence electrons. The third-order valence-electron chi connectivity index (χ3n) is 4.61. The number of hydrogen-bond donors (Lipinski definition) is 0. The highest BCUT2D eigenvalue weighted by Crippen LogP contribution is 2.34. The third-order valence-corrected chi connectivity index (χ3v) is 4.61. The number of rotatable bonds is 2. The molecule has 0 aliphatic heterocycles. The van der Waals surface area contributed by atoms with Gasteiger partial charge in [0.25, 0.3) is 0 Å². The van der Waals surface area contributed by atoms with Crippen LogP contribution in [0.5, 0.6) is 0 Å². The molecule has 0 aliphatic carbocycles. The van der Waals surface area contributed by atoms with Crippen molar-refractivity contribution in [3.8, 4) is 22.3 Å². The van der Waals surface area contributed by atoms with Crippen LogP contribution in [0.3, 0.4) is 0 Å². The zero-order valence-electron chi connectivity index (χ0n) is 14.1. The van der Waals surface area contributed by atoms with E-state index in [9.17, 15) is 0 Å². The topological polar surface area (TPSA) is 0 Å². The molecule has 0 fully saturated rings. The van der Waals surface area contributed by atoms with E-state index < -0.39 is 0 Å². The summed E-state index contributed by atoms with van der Waals surface area (Å²) in [5.74, 6) is 0. The summed E-state index contributed by atoms with van der Waals surface area (Å²) in [6.45, 7) is 4.26. The van der Waals surface area contributed by atoms with E-state index in [1.54, 1.807) is 0 Å². The molecule has 0 amide bonds. The molecular weight excluding hydrogens is 288 g/mol. The molecule has 0 N–H and O–H groups in total. The molecule has 0 unspecified atom stereocenters. The summed E-state index contributed by atoms with van der Waals surface area (Å²) in [5, 5.41) is 2.59. The van der Waals surface area contributed by atoms with Crippen LogP contribution in [-0.2, 0) is 0 Å². The standard InChI is InChI=1S/C24H20/c1-17-7-11-19(12-8-17)22-15-21-5-3-4-6-23(21)24(16-22)20-13-9-18(2)10-14-20/h3-16H,1-2H3.